The van der Waals surface area contributed by atoms with Crippen molar-refractivity contribution in [2.24, 2.45) is 11.8 Å². The third kappa shape index (κ3) is 2.45. The Balaban J connectivity index is 1.73. The molecule has 0 amide bonds. The SMILES string of the molecule is O=C(O)C1C2CCCC2CN1Cc1ccc(CO)cc1. The highest BCUT2D eigenvalue weighted by Gasteiger charge is 2.47. The lowest BCUT2D eigenvalue weighted by Gasteiger charge is -2.24. The van der Waals surface area contributed by atoms with E-state index in [9.17, 15) is 9.90 Å². The largest absolute Gasteiger partial charge is 0.480 e. The molecule has 1 aliphatic heterocycles. The van der Waals surface area contributed by atoms with Gasteiger partial charge in [-0.15, -0.1) is 0 Å². The number of aliphatic hydroxyl groups is 1. The van der Waals surface area contributed by atoms with Crippen LogP contribution >= 0.6 is 0 Å². The molecule has 1 saturated heterocycles. The summed E-state index contributed by atoms with van der Waals surface area (Å²) in [5.74, 6) is 0.225. The lowest BCUT2D eigenvalue weighted by molar-refractivity contribution is -0.143. The third-order valence-electron chi connectivity index (χ3n) is 4.83. The minimum atomic E-state index is -0.675. The zero-order valence-electron chi connectivity index (χ0n) is 11.5. The molecular weight excluding hydrogens is 254 g/mol. The number of aliphatic hydroxyl groups excluding tert-OH is 1. The topological polar surface area (TPSA) is 60.8 Å². The number of hydrogen-bond donors (Lipinski definition) is 2. The second kappa shape index (κ2) is 5.54. The Morgan fingerprint density at radius 1 is 1.20 bits per heavy atom. The summed E-state index contributed by atoms with van der Waals surface area (Å²) in [4.78, 5) is 13.7. The van der Waals surface area contributed by atoms with Gasteiger partial charge in [0.25, 0.3) is 0 Å². The van der Waals surface area contributed by atoms with Crippen LogP contribution in [0.15, 0.2) is 24.3 Å². The van der Waals surface area contributed by atoms with E-state index in [-0.39, 0.29) is 12.6 Å². The first-order valence-electron chi connectivity index (χ1n) is 7.34. The van der Waals surface area contributed by atoms with Gasteiger partial charge in [0, 0.05) is 13.1 Å². The first-order valence-corrected chi connectivity index (χ1v) is 7.34. The minimum Gasteiger partial charge on any atom is -0.480 e. The van der Waals surface area contributed by atoms with E-state index in [1.54, 1.807) is 0 Å². The van der Waals surface area contributed by atoms with Crippen molar-refractivity contribution in [1.29, 1.82) is 0 Å². The highest BCUT2D eigenvalue weighted by Crippen LogP contribution is 2.42. The van der Waals surface area contributed by atoms with E-state index in [0.29, 0.717) is 18.4 Å². The lowest BCUT2D eigenvalue weighted by atomic mass is 9.94. The van der Waals surface area contributed by atoms with Crippen molar-refractivity contribution in [3.05, 3.63) is 35.4 Å². The molecule has 1 aromatic carbocycles. The number of carboxylic acid groups (broad SMARTS) is 1. The van der Waals surface area contributed by atoms with Crippen LogP contribution in [0, 0.1) is 11.8 Å². The molecule has 1 saturated carbocycles. The van der Waals surface area contributed by atoms with Crippen LogP contribution in [0.25, 0.3) is 0 Å². The van der Waals surface area contributed by atoms with E-state index in [1.165, 1.54) is 12.8 Å². The average molecular weight is 275 g/mol. The molecule has 0 radical (unpaired) electrons. The Kier molecular flexibility index (Phi) is 3.76. The van der Waals surface area contributed by atoms with Gasteiger partial charge in [-0.05, 0) is 35.8 Å². The van der Waals surface area contributed by atoms with Crippen molar-refractivity contribution >= 4 is 5.97 Å². The van der Waals surface area contributed by atoms with Crippen LogP contribution in [0.2, 0.25) is 0 Å². The van der Waals surface area contributed by atoms with Crippen molar-refractivity contribution in [2.45, 2.75) is 38.5 Å². The highest BCUT2D eigenvalue weighted by atomic mass is 16.4. The predicted octanol–water partition coefficient (Wildman–Crippen LogP) is 1.86. The Bertz CT molecular complexity index is 485. The van der Waals surface area contributed by atoms with Crippen LogP contribution in [0.5, 0.6) is 0 Å². The quantitative estimate of drug-likeness (QED) is 0.880. The van der Waals surface area contributed by atoms with E-state index in [0.717, 1.165) is 24.1 Å². The number of likely N-dealkylation sites (tertiary alicyclic amines) is 1. The molecule has 0 bridgehead atoms. The summed E-state index contributed by atoms with van der Waals surface area (Å²) in [7, 11) is 0. The molecule has 2 N–H and O–H groups in total. The van der Waals surface area contributed by atoms with Crippen molar-refractivity contribution in [3.8, 4) is 0 Å². The fourth-order valence-electron chi connectivity index (χ4n) is 3.88. The summed E-state index contributed by atoms with van der Waals surface area (Å²) < 4.78 is 0. The summed E-state index contributed by atoms with van der Waals surface area (Å²) in [6.07, 6.45) is 3.41. The van der Waals surface area contributed by atoms with Crippen molar-refractivity contribution in [1.82, 2.24) is 4.90 Å². The summed E-state index contributed by atoms with van der Waals surface area (Å²) in [5.41, 5.74) is 2.01. The second-order valence-electron chi connectivity index (χ2n) is 6.04. The maximum Gasteiger partial charge on any atom is 0.321 e. The zero-order chi connectivity index (χ0) is 14.1. The Morgan fingerprint density at radius 3 is 2.55 bits per heavy atom. The van der Waals surface area contributed by atoms with Gasteiger partial charge in [-0.1, -0.05) is 30.7 Å². The fourth-order valence-corrected chi connectivity index (χ4v) is 3.88. The average Bonchev–Trinajstić information content (AvgIpc) is 2.99. The Labute approximate surface area is 119 Å². The normalized spacial score (nSPS) is 29.6. The smallest absolute Gasteiger partial charge is 0.321 e. The first kappa shape index (κ1) is 13.6. The van der Waals surface area contributed by atoms with Crippen LogP contribution in [0.1, 0.15) is 30.4 Å². The Morgan fingerprint density at radius 2 is 1.90 bits per heavy atom. The highest BCUT2D eigenvalue weighted by molar-refractivity contribution is 5.74. The molecule has 4 heteroatoms. The van der Waals surface area contributed by atoms with Crippen LogP contribution < -0.4 is 0 Å². The van der Waals surface area contributed by atoms with Gasteiger partial charge in [-0.25, -0.2) is 0 Å². The standard InChI is InChI=1S/C16H21NO3/c18-10-12-6-4-11(5-7-12)8-17-9-13-2-1-3-14(13)15(17)16(19)20/h4-7,13-15,18H,1-3,8-10H2,(H,19,20). The maximum absolute atomic E-state index is 11.6. The van der Waals surface area contributed by atoms with E-state index in [1.807, 2.05) is 24.3 Å². The Hall–Kier alpha value is -1.39. The lowest BCUT2D eigenvalue weighted by Crippen LogP contribution is -2.39. The second-order valence-corrected chi connectivity index (χ2v) is 6.04. The van der Waals surface area contributed by atoms with Gasteiger partial charge >= 0.3 is 5.97 Å². The summed E-state index contributed by atoms with van der Waals surface area (Å²) in [5, 5.41) is 18.6. The van der Waals surface area contributed by atoms with Crippen LogP contribution in [-0.2, 0) is 17.9 Å². The minimum absolute atomic E-state index is 0.0475. The molecule has 0 spiro atoms. The van der Waals surface area contributed by atoms with Gasteiger partial charge in [-0.3, -0.25) is 9.69 Å². The van der Waals surface area contributed by atoms with Crippen molar-refractivity contribution in [3.63, 3.8) is 0 Å². The number of aliphatic carboxylic acids is 1. The molecule has 20 heavy (non-hydrogen) atoms. The van der Waals surface area contributed by atoms with E-state index in [2.05, 4.69) is 4.90 Å². The summed E-state index contributed by atoms with van der Waals surface area (Å²) in [6.45, 7) is 1.64. The van der Waals surface area contributed by atoms with Gasteiger partial charge in [0.2, 0.25) is 0 Å². The molecule has 1 aliphatic carbocycles. The molecule has 108 valence electrons. The van der Waals surface area contributed by atoms with Gasteiger partial charge in [0.1, 0.15) is 6.04 Å². The summed E-state index contributed by atoms with van der Waals surface area (Å²) >= 11 is 0. The van der Waals surface area contributed by atoms with Crippen LogP contribution in [-0.4, -0.2) is 33.7 Å². The number of carboxylic acids is 1. The fraction of sp³-hybridized carbons (Fsp3) is 0.562. The van der Waals surface area contributed by atoms with Crippen LogP contribution in [0.4, 0.5) is 0 Å². The van der Waals surface area contributed by atoms with E-state index in [4.69, 9.17) is 5.11 Å². The van der Waals surface area contributed by atoms with E-state index >= 15 is 0 Å². The molecule has 3 rings (SSSR count). The number of carbonyl (C=O) groups is 1. The predicted molar refractivity (Wildman–Crippen MR) is 75.0 cm³/mol. The molecule has 4 nitrogen and oxygen atoms in total. The number of rotatable bonds is 4. The van der Waals surface area contributed by atoms with Crippen molar-refractivity contribution < 1.29 is 15.0 Å². The van der Waals surface area contributed by atoms with Gasteiger partial charge in [-0.2, -0.15) is 0 Å². The molecular formula is C16H21NO3. The molecule has 3 atom stereocenters. The monoisotopic (exact) mass is 275 g/mol. The molecule has 1 heterocycles. The maximum atomic E-state index is 11.6. The van der Waals surface area contributed by atoms with Crippen molar-refractivity contribution in [2.75, 3.05) is 6.54 Å². The molecule has 2 fully saturated rings. The van der Waals surface area contributed by atoms with E-state index < -0.39 is 5.97 Å². The number of fused-ring (bicyclic) bond motifs is 1. The number of hydrogen-bond acceptors (Lipinski definition) is 3. The van der Waals surface area contributed by atoms with Crippen LogP contribution in [0.3, 0.4) is 0 Å². The third-order valence-corrected chi connectivity index (χ3v) is 4.83. The molecule has 1 aromatic rings. The van der Waals surface area contributed by atoms with Gasteiger partial charge in [0.05, 0.1) is 6.61 Å². The zero-order valence-corrected chi connectivity index (χ0v) is 11.5. The molecule has 3 unspecified atom stereocenters. The first-order chi connectivity index (χ1) is 9.69. The number of benzene rings is 1. The van der Waals surface area contributed by atoms with Gasteiger partial charge < -0.3 is 10.2 Å². The molecule has 2 aliphatic rings. The molecule has 0 aromatic heterocycles. The van der Waals surface area contributed by atoms with Gasteiger partial charge in [0.15, 0.2) is 0 Å². The number of nitrogens with zero attached hydrogens (tertiary/aromatic N) is 1. The summed E-state index contributed by atoms with van der Waals surface area (Å²) in [6, 6.07) is 7.46.